The first-order chi connectivity index (χ1) is 13.0. The van der Waals surface area contributed by atoms with Gasteiger partial charge in [-0.1, -0.05) is 6.07 Å². The number of pyridine rings is 1. The molecule has 0 unspecified atom stereocenters. The number of ether oxygens (including phenoxy) is 1. The summed E-state index contributed by atoms with van der Waals surface area (Å²) in [6, 6.07) is 5.89. The SMILES string of the molecule is FC(F)(F)COc1cn2c(-c3cccc(N[C@@H]4CCNC4)n3)cnc2cn1. The van der Waals surface area contributed by atoms with Gasteiger partial charge in [-0.2, -0.15) is 13.2 Å². The Bertz CT molecular complexity index is 936. The minimum atomic E-state index is -4.43. The Balaban J connectivity index is 1.61. The molecule has 0 amide bonds. The zero-order valence-corrected chi connectivity index (χ0v) is 14.2. The van der Waals surface area contributed by atoms with Crippen LogP contribution in [-0.4, -0.2) is 51.3 Å². The molecule has 3 aromatic rings. The summed E-state index contributed by atoms with van der Waals surface area (Å²) >= 11 is 0. The molecule has 3 aromatic heterocycles. The molecule has 2 N–H and O–H groups in total. The van der Waals surface area contributed by atoms with E-state index >= 15 is 0 Å². The van der Waals surface area contributed by atoms with E-state index in [1.54, 1.807) is 10.6 Å². The number of anilines is 1. The van der Waals surface area contributed by atoms with Crippen molar-refractivity contribution < 1.29 is 17.9 Å². The highest BCUT2D eigenvalue weighted by atomic mass is 19.4. The van der Waals surface area contributed by atoms with Crippen LogP contribution in [0.5, 0.6) is 5.88 Å². The van der Waals surface area contributed by atoms with Gasteiger partial charge in [-0.25, -0.2) is 15.0 Å². The fourth-order valence-electron chi connectivity index (χ4n) is 2.94. The molecule has 4 heterocycles. The van der Waals surface area contributed by atoms with Gasteiger partial charge in [-0.05, 0) is 25.1 Å². The van der Waals surface area contributed by atoms with E-state index in [1.165, 1.54) is 12.4 Å². The van der Waals surface area contributed by atoms with Crippen molar-refractivity contribution in [1.82, 2.24) is 24.7 Å². The van der Waals surface area contributed by atoms with E-state index in [2.05, 4.69) is 25.6 Å². The molecule has 1 atom stereocenters. The Labute approximate surface area is 152 Å². The highest BCUT2D eigenvalue weighted by Gasteiger charge is 2.28. The van der Waals surface area contributed by atoms with Crippen LogP contribution in [0.3, 0.4) is 0 Å². The van der Waals surface area contributed by atoms with Crippen LogP contribution >= 0.6 is 0 Å². The smallest absolute Gasteiger partial charge is 0.422 e. The maximum absolute atomic E-state index is 12.4. The number of imidazole rings is 1. The molecule has 142 valence electrons. The predicted octanol–water partition coefficient (Wildman–Crippen LogP) is 2.51. The fourth-order valence-corrected chi connectivity index (χ4v) is 2.94. The second-order valence-electron chi connectivity index (χ2n) is 6.24. The Morgan fingerprint density at radius 1 is 1.26 bits per heavy atom. The second-order valence-corrected chi connectivity index (χ2v) is 6.24. The second kappa shape index (κ2) is 7.03. The van der Waals surface area contributed by atoms with Crippen LogP contribution in [0.25, 0.3) is 17.0 Å². The van der Waals surface area contributed by atoms with Crippen LogP contribution in [0.15, 0.2) is 36.8 Å². The number of fused-ring (bicyclic) bond motifs is 1. The minimum absolute atomic E-state index is 0.134. The fraction of sp³-hybridized carbons (Fsp3) is 0.353. The monoisotopic (exact) mass is 378 g/mol. The molecule has 0 spiro atoms. The number of aromatic nitrogens is 4. The van der Waals surface area contributed by atoms with Crippen molar-refractivity contribution >= 4 is 11.5 Å². The van der Waals surface area contributed by atoms with E-state index in [-0.39, 0.29) is 5.88 Å². The Morgan fingerprint density at radius 2 is 2.15 bits per heavy atom. The molecule has 1 aliphatic rings. The Hall–Kier alpha value is -2.88. The van der Waals surface area contributed by atoms with Gasteiger partial charge in [0.05, 0.1) is 30.0 Å². The highest BCUT2D eigenvalue weighted by Crippen LogP contribution is 2.23. The van der Waals surface area contributed by atoms with Gasteiger partial charge in [0, 0.05) is 12.6 Å². The summed E-state index contributed by atoms with van der Waals surface area (Å²) in [4.78, 5) is 12.7. The van der Waals surface area contributed by atoms with Crippen molar-refractivity contribution in [3.63, 3.8) is 0 Å². The first-order valence-electron chi connectivity index (χ1n) is 8.45. The molecule has 4 rings (SSSR count). The summed E-state index contributed by atoms with van der Waals surface area (Å²) in [5.74, 6) is 0.601. The van der Waals surface area contributed by atoms with Gasteiger partial charge in [-0.3, -0.25) is 4.40 Å². The molecule has 1 fully saturated rings. The van der Waals surface area contributed by atoms with Gasteiger partial charge in [0.15, 0.2) is 12.3 Å². The lowest BCUT2D eigenvalue weighted by Crippen LogP contribution is -2.22. The molecule has 0 radical (unpaired) electrons. The third-order valence-electron chi connectivity index (χ3n) is 4.18. The summed E-state index contributed by atoms with van der Waals surface area (Å²) in [7, 11) is 0. The quantitative estimate of drug-likeness (QED) is 0.711. The van der Waals surface area contributed by atoms with E-state index in [0.29, 0.717) is 23.1 Å². The Morgan fingerprint density at radius 3 is 2.93 bits per heavy atom. The summed E-state index contributed by atoms with van der Waals surface area (Å²) in [5.41, 5.74) is 1.77. The lowest BCUT2D eigenvalue weighted by Gasteiger charge is -2.13. The van der Waals surface area contributed by atoms with E-state index in [4.69, 9.17) is 4.74 Å². The van der Waals surface area contributed by atoms with Gasteiger partial charge in [-0.15, -0.1) is 0 Å². The van der Waals surface area contributed by atoms with E-state index < -0.39 is 12.8 Å². The molecule has 1 saturated heterocycles. The maximum Gasteiger partial charge on any atom is 0.422 e. The van der Waals surface area contributed by atoms with Gasteiger partial charge in [0.25, 0.3) is 0 Å². The zero-order valence-electron chi connectivity index (χ0n) is 14.2. The number of nitrogens with one attached hydrogen (secondary N) is 2. The average molecular weight is 378 g/mol. The summed E-state index contributed by atoms with van der Waals surface area (Å²) in [6.07, 6.45) is 0.944. The molecular weight excluding hydrogens is 361 g/mol. The van der Waals surface area contributed by atoms with Crippen LogP contribution in [0.4, 0.5) is 19.0 Å². The molecule has 7 nitrogen and oxygen atoms in total. The lowest BCUT2D eigenvalue weighted by molar-refractivity contribution is -0.154. The standard InChI is InChI=1S/C17H17F3N6O/c18-17(19,20)10-27-16-9-26-13(7-22-15(26)8-23-16)12-2-1-3-14(25-12)24-11-4-5-21-6-11/h1-3,7-9,11,21H,4-6,10H2,(H,24,25)/t11-/m1/s1. The van der Waals surface area contributed by atoms with Crippen molar-refractivity contribution in [2.24, 2.45) is 0 Å². The average Bonchev–Trinajstić information content (AvgIpc) is 3.29. The van der Waals surface area contributed by atoms with Gasteiger partial charge < -0.3 is 15.4 Å². The molecule has 1 aliphatic heterocycles. The lowest BCUT2D eigenvalue weighted by atomic mass is 10.2. The number of alkyl halides is 3. The van der Waals surface area contributed by atoms with Crippen molar-refractivity contribution in [2.75, 3.05) is 25.0 Å². The first-order valence-corrected chi connectivity index (χ1v) is 8.45. The van der Waals surface area contributed by atoms with E-state index in [0.717, 1.165) is 25.3 Å². The minimum Gasteiger partial charge on any atom is -0.467 e. The number of halogens is 3. The first kappa shape index (κ1) is 17.5. The highest BCUT2D eigenvalue weighted by molar-refractivity contribution is 5.61. The Kier molecular flexibility index (Phi) is 4.56. The molecular formula is C17H17F3N6O. The van der Waals surface area contributed by atoms with Crippen molar-refractivity contribution in [3.05, 3.63) is 36.8 Å². The molecule has 0 bridgehead atoms. The zero-order chi connectivity index (χ0) is 18.9. The van der Waals surface area contributed by atoms with E-state index in [1.807, 2.05) is 18.2 Å². The van der Waals surface area contributed by atoms with Crippen LogP contribution in [0.1, 0.15) is 6.42 Å². The summed E-state index contributed by atoms with van der Waals surface area (Å²) in [5, 5.41) is 6.66. The normalized spacial score (nSPS) is 17.4. The third-order valence-corrected chi connectivity index (χ3v) is 4.18. The summed E-state index contributed by atoms with van der Waals surface area (Å²) in [6.45, 7) is 0.452. The van der Waals surface area contributed by atoms with Crippen LogP contribution in [0, 0.1) is 0 Å². The van der Waals surface area contributed by atoms with Crippen molar-refractivity contribution in [1.29, 1.82) is 0 Å². The number of rotatable bonds is 5. The van der Waals surface area contributed by atoms with Gasteiger partial charge in [0.2, 0.25) is 5.88 Å². The predicted molar refractivity (Wildman–Crippen MR) is 92.7 cm³/mol. The van der Waals surface area contributed by atoms with Crippen LogP contribution in [0.2, 0.25) is 0 Å². The molecule has 0 saturated carbocycles. The maximum atomic E-state index is 12.4. The van der Waals surface area contributed by atoms with Gasteiger partial charge >= 0.3 is 6.18 Å². The number of nitrogens with zero attached hydrogens (tertiary/aromatic N) is 4. The molecule has 10 heteroatoms. The molecule has 0 aromatic carbocycles. The van der Waals surface area contributed by atoms with E-state index in [9.17, 15) is 13.2 Å². The largest absolute Gasteiger partial charge is 0.467 e. The summed E-state index contributed by atoms with van der Waals surface area (Å²) < 4.78 is 43.4. The van der Waals surface area contributed by atoms with Gasteiger partial charge in [0.1, 0.15) is 5.82 Å². The third kappa shape index (κ3) is 4.11. The number of hydrogen-bond acceptors (Lipinski definition) is 6. The van der Waals surface area contributed by atoms with Crippen LogP contribution in [-0.2, 0) is 0 Å². The van der Waals surface area contributed by atoms with Crippen molar-refractivity contribution in [2.45, 2.75) is 18.6 Å². The topological polar surface area (TPSA) is 76.4 Å². The molecule has 27 heavy (non-hydrogen) atoms. The van der Waals surface area contributed by atoms with Crippen molar-refractivity contribution in [3.8, 4) is 17.3 Å². The van der Waals surface area contributed by atoms with Crippen LogP contribution < -0.4 is 15.4 Å². The number of hydrogen-bond donors (Lipinski definition) is 2. The molecule has 0 aliphatic carbocycles.